The molecule has 6 heteroatoms. The monoisotopic (exact) mass is 342 g/mol. The van der Waals surface area contributed by atoms with Crippen LogP contribution in [0.5, 0.6) is 0 Å². The molecule has 0 bridgehead atoms. The van der Waals surface area contributed by atoms with E-state index in [0.29, 0.717) is 22.6 Å². The van der Waals surface area contributed by atoms with Gasteiger partial charge in [0, 0.05) is 12.1 Å². The maximum atomic E-state index is 13.6. The van der Waals surface area contributed by atoms with Crippen molar-refractivity contribution < 1.29 is 4.39 Å². The number of anilines is 2. The Labute approximate surface area is 143 Å². The number of rotatable bonds is 4. The molecule has 3 N–H and O–H groups in total. The first-order valence-corrected chi connectivity index (χ1v) is 11.5. The van der Waals surface area contributed by atoms with Gasteiger partial charge in [-0.2, -0.15) is 4.98 Å². The summed E-state index contributed by atoms with van der Waals surface area (Å²) in [7, 11) is -1.59. The van der Waals surface area contributed by atoms with Gasteiger partial charge >= 0.3 is 0 Å². The molecule has 0 spiro atoms. The van der Waals surface area contributed by atoms with Crippen molar-refractivity contribution in [1.82, 2.24) is 9.97 Å². The summed E-state index contributed by atoms with van der Waals surface area (Å²) in [5.41, 5.74) is 11.1. The molecule has 0 atom stereocenters. The SMILES string of the molecule is CCCNc1nc(N)nc(-c2cccc(F)c2)c1C#C[Si](C)(C)C. The molecule has 0 aliphatic carbocycles. The van der Waals surface area contributed by atoms with Crippen LogP contribution in [0.1, 0.15) is 18.9 Å². The molecular formula is C18H23FN4Si. The average Bonchev–Trinajstić information content (AvgIpc) is 2.50. The fraction of sp³-hybridized carbons (Fsp3) is 0.333. The van der Waals surface area contributed by atoms with Gasteiger partial charge in [-0.25, -0.2) is 9.37 Å². The van der Waals surface area contributed by atoms with Crippen molar-refractivity contribution in [3.63, 3.8) is 0 Å². The van der Waals surface area contributed by atoms with Crippen molar-refractivity contribution in [2.75, 3.05) is 17.6 Å². The minimum Gasteiger partial charge on any atom is -0.369 e. The number of benzene rings is 1. The number of hydrogen-bond acceptors (Lipinski definition) is 4. The molecule has 0 aliphatic heterocycles. The van der Waals surface area contributed by atoms with E-state index in [1.54, 1.807) is 12.1 Å². The lowest BCUT2D eigenvalue weighted by atomic mass is 10.1. The van der Waals surface area contributed by atoms with Crippen LogP contribution in [0.3, 0.4) is 0 Å². The molecule has 0 radical (unpaired) electrons. The van der Waals surface area contributed by atoms with E-state index in [-0.39, 0.29) is 11.8 Å². The molecule has 1 heterocycles. The van der Waals surface area contributed by atoms with Gasteiger partial charge in [0.15, 0.2) is 0 Å². The van der Waals surface area contributed by atoms with Gasteiger partial charge in [-0.15, -0.1) is 5.54 Å². The van der Waals surface area contributed by atoms with Crippen LogP contribution in [0.25, 0.3) is 11.3 Å². The standard InChI is InChI=1S/C18H23FN4Si/c1-5-10-21-17-15(9-11-24(2,3)4)16(22-18(20)23-17)13-7-6-8-14(19)12-13/h6-8,12H,5,10H2,1-4H3,(H3,20,21,22,23). The first-order chi connectivity index (χ1) is 11.3. The fourth-order valence-corrected chi connectivity index (χ4v) is 2.56. The Morgan fingerprint density at radius 1 is 1.25 bits per heavy atom. The summed E-state index contributed by atoms with van der Waals surface area (Å²) in [6.07, 6.45) is 0.945. The summed E-state index contributed by atoms with van der Waals surface area (Å²) in [5, 5.41) is 3.25. The van der Waals surface area contributed by atoms with E-state index in [1.807, 2.05) is 0 Å². The molecule has 0 saturated heterocycles. The van der Waals surface area contributed by atoms with Crippen molar-refractivity contribution in [3.8, 4) is 22.7 Å². The van der Waals surface area contributed by atoms with Crippen LogP contribution >= 0.6 is 0 Å². The fourth-order valence-electron chi connectivity index (χ4n) is 2.06. The zero-order valence-electron chi connectivity index (χ0n) is 14.6. The highest BCUT2D eigenvalue weighted by Gasteiger charge is 2.15. The quantitative estimate of drug-likeness (QED) is 0.653. The molecule has 0 fully saturated rings. The first-order valence-electron chi connectivity index (χ1n) is 8.00. The minimum atomic E-state index is -1.59. The number of nitrogen functional groups attached to an aromatic ring is 1. The van der Waals surface area contributed by atoms with Gasteiger partial charge < -0.3 is 11.1 Å². The van der Waals surface area contributed by atoms with E-state index in [9.17, 15) is 4.39 Å². The Morgan fingerprint density at radius 3 is 2.62 bits per heavy atom. The molecule has 1 aromatic heterocycles. The molecular weight excluding hydrogens is 319 g/mol. The number of hydrogen-bond donors (Lipinski definition) is 2. The van der Waals surface area contributed by atoms with Crippen molar-refractivity contribution in [2.24, 2.45) is 0 Å². The van der Waals surface area contributed by atoms with Crippen molar-refractivity contribution in [1.29, 1.82) is 0 Å². The molecule has 2 rings (SSSR count). The second kappa shape index (κ2) is 7.45. The van der Waals surface area contributed by atoms with Gasteiger partial charge in [0.2, 0.25) is 5.95 Å². The molecule has 2 aromatic rings. The van der Waals surface area contributed by atoms with Crippen molar-refractivity contribution >= 4 is 19.8 Å². The largest absolute Gasteiger partial charge is 0.369 e. The van der Waals surface area contributed by atoms with Crippen LogP contribution < -0.4 is 11.1 Å². The predicted octanol–water partition coefficient (Wildman–Crippen LogP) is 3.92. The van der Waals surface area contributed by atoms with Crippen molar-refractivity contribution in [2.45, 2.75) is 33.0 Å². The zero-order chi connectivity index (χ0) is 17.7. The molecule has 0 amide bonds. The lowest BCUT2D eigenvalue weighted by molar-refractivity contribution is 0.628. The number of nitrogens with two attached hydrogens (primary N) is 1. The zero-order valence-corrected chi connectivity index (χ0v) is 15.6. The molecule has 4 nitrogen and oxygen atoms in total. The molecule has 126 valence electrons. The highest BCUT2D eigenvalue weighted by Crippen LogP contribution is 2.27. The summed E-state index contributed by atoms with van der Waals surface area (Å²) >= 11 is 0. The molecule has 0 unspecified atom stereocenters. The topological polar surface area (TPSA) is 63.8 Å². The first kappa shape index (κ1) is 18.0. The average molecular weight is 342 g/mol. The summed E-state index contributed by atoms with van der Waals surface area (Å²) in [6.45, 7) is 9.32. The number of nitrogens with one attached hydrogen (secondary N) is 1. The van der Waals surface area contributed by atoms with E-state index in [4.69, 9.17) is 5.73 Å². The summed E-state index contributed by atoms with van der Waals surface area (Å²) < 4.78 is 13.6. The lowest BCUT2D eigenvalue weighted by Gasteiger charge is -2.13. The Balaban J connectivity index is 2.66. The van der Waals surface area contributed by atoms with Gasteiger partial charge in [0.25, 0.3) is 0 Å². The summed E-state index contributed by atoms with van der Waals surface area (Å²) in [4.78, 5) is 8.62. The molecule has 1 aromatic carbocycles. The molecule has 0 saturated carbocycles. The number of nitrogens with zero attached hydrogens (tertiary/aromatic N) is 2. The predicted molar refractivity (Wildman–Crippen MR) is 101 cm³/mol. The van der Waals surface area contributed by atoms with Gasteiger partial charge in [0.1, 0.15) is 19.7 Å². The lowest BCUT2D eigenvalue weighted by Crippen LogP contribution is -2.17. The van der Waals surface area contributed by atoms with Crippen LogP contribution in [0, 0.1) is 17.3 Å². The van der Waals surface area contributed by atoms with Crippen LogP contribution in [0.2, 0.25) is 19.6 Å². The van der Waals surface area contributed by atoms with E-state index in [1.165, 1.54) is 12.1 Å². The van der Waals surface area contributed by atoms with E-state index < -0.39 is 8.07 Å². The van der Waals surface area contributed by atoms with Crippen molar-refractivity contribution in [3.05, 3.63) is 35.6 Å². The highest BCUT2D eigenvalue weighted by atomic mass is 28.3. The van der Waals surface area contributed by atoms with E-state index in [0.717, 1.165) is 13.0 Å². The Kier molecular flexibility index (Phi) is 5.57. The minimum absolute atomic E-state index is 0.145. The third-order valence-corrected chi connectivity index (χ3v) is 4.00. The number of halogens is 1. The smallest absolute Gasteiger partial charge is 0.222 e. The third kappa shape index (κ3) is 4.80. The number of aromatic nitrogens is 2. The van der Waals surface area contributed by atoms with Crippen LogP contribution in [0.15, 0.2) is 24.3 Å². The van der Waals surface area contributed by atoms with E-state index in [2.05, 4.69) is 53.3 Å². The Morgan fingerprint density at radius 2 is 2.00 bits per heavy atom. The Hall–Kier alpha value is -2.39. The maximum absolute atomic E-state index is 13.6. The van der Waals surface area contributed by atoms with Crippen LogP contribution in [-0.2, 0) is 0 Å². The van der Waals surface area contributed by atoms with Gasteiger partial charge in [-0.3, -0.25) is 0 Å². The highest BCUT2D eigenvalue weighted by molar-refractivity contribution is 6.83. The Bertz CT molecular complexity index is 788. The summed E-state index contributed by atoms with van der Waals surface area (Å²) in [5.74, 6) is 3.65. The van der Waals surface area contributed by atoms with Crippen LogP contribution in [0.4, 0.5) is 16.2 Å². The second-order valence-corrected chi connectivity index (χ2v) is 11.3. The summed E-state index contributed by atoms with van der Waals surface area (Å²) in [6, 6.07) is 6.29. The van der Waals surface area contributed by atoms with Crippen LogP contribution in [-0.4, -0.2) is 24.6 Å². The second-order valence-electron chi connectivity index (χ2n) is 6.59. The van der Waals surface area contributed by atoms with Gasteiger partial charge in [0.05, 0.1) is 11.3 Å². The normalized spacial score (nSPS) is 10.9. The van der Waals surface area contributed by atoms with E-state index >= 15 is 0 Å². The molecule has 0 aliphatic rings. The maximum Gasteiger partial charge on any atom is 0.222 e. The van der Waals surface area contributed by atoms with Gasteiger partial charge in [-0.05, 0) is 18.6 Å². The van der Waals surface area contributed by atoms with Gasteiger partial charge in [-0.1, -0.05) is 44.6 Å². The molecule has 24 heavy (non-hydrogen) atoms. The third-order valence-electron chi connectivity index (χ3n) is 3.13.